The zero-order valence-corrected chi connectivity index (χ0v) is 15.7. The number of hydrazone groups is 1. The summed E-state index contributed by atoms with van der Waals surface area (Å²) in [6, 6.07) is 4.40. The van der Waals surface area contributed by atoms with Crippen molar-refractivity contribution in [3.05, 3.63) is 28.8 Å². The minimum atomic E-state index is -1.39. The zero-order valence-electron chi connectivity index (χ0n) is 15.0. The smallest absolute Gasteiger partial charge is 0.329 e. The Morgan fingerprint density at radius 3 is 2.70 bits per heavy atom. The summed E-state index contributed by atoms with van der Waals surface area (Å²) < 4.78 is 10.4. The summed E-state index contributed by atoms with van der Waals surface area (Å²) in [5.41, 5.74) is 2.38. The van der Waals surface area contributed by atoms with Gasteiger partial charge in [0.15, 0.2) is 0 Å². The molecule has 1 aromatic carbocycles. The molecule has 2 amide bonds. The number of nitrogens with zero attached hydrogens (tertiary/aromatic N) is 1. The average Bonchev–Trinajstić information content (AvgIpc) is 2.60. The van der Waals surface area contributed by atoms with Gasteiger partial charge in [0.2, 0.25) is 0 Å². The summed E-state index contributed by atoms with van der Waals surface area (Å²) in [5, 5.41) is 16.9. The number of halogens is 1. The first-order chi connectivity index (χ1) is 12.8. The maximum atomic E-state index is 11.7. The highest BCUT2D eigenvalue weighted by Crippen LogP contribution is 2.21. The van der Waals surface area contributed by atoms with Gasteiger partial charge in [-0.3, -0.25) is 9.59 Å². The molecule has 2 N–H and O–H groups in total. The summed E-state index contributed by atoms with van der Waals surface area (Å²) in [7, 11) is 0. The predicted octanol–water partition coefficient (Wildman–Crippen LogP) is -0.150. The van der Waals surface area contributed by atoms with Crippen LogP contribution in [0.5, 0.6) is 5.75 Å². The van der Waals surface area contributed by atoms with Crippen molar-refractivity contribution < 1.29 is 29.0 Å². The van der Waals surface area contributed by atoms with Crippen LogP contribution in [0.15, 0.2) is 23.3 Å². The number of amides is 2. The van der Waals surface area contributed by atoms with Crippen molar-refractivity contribution in [2.24, 2.45) is 5.10 Å². The molecule has 0 spiro atoms. The van der Waals surface area contributed by atoms with Crippen molar-refractivity contribution in [1.29, 1.82) is 0 Å². The van der Waals surface area contributed by atoms with E-state index in [-0.39, 0.29) is 18.4 Å². The van der Waals surface area contributed by atoms with Crippen molar-refractivity contribution >= 4 is 35.6 Å². The van der Waals surface area contributed by atoms with Gasteiger partial charge in [-0.15, -0.1) is 0 Å². The molecule has 0 unspecified atom stereocenters. The number of carbonyl (C=O) groups excluding carboxylic acids is 3. The van der Waals surface area contributed by atoms with Gasteiger partial charge in [0.05, 0.1) is 18.3 Å². The van der Waals surface area contributed by atoms with Gasteiger partial charge in [-0.25, -0.2) is 5.43 Å². The molecule has 27 heavy (non-hydrogen) atoms. The molecule has 9 nitrogen and oxygen atoms in total. The number of carbonyl (C=O) groups is 3. The molecular formula is C17H21ClN3O6-. The highest BCUT2D eigenvalue weighted by Gasteiger charge is 2.11. The van der Waals surface area contributed by atoms with Gasteiger partial charge in [0, 0.05) is 23.7 Å². The first-order valence-electron chi connectivity index (χ1n) is 8.14. The standard InChI is InChI=1S/C17H22ClN3O6/c1-11(2)26-7-3-6-19-16(24)17(25)21-20-9-12-8-13(18)4-5-14(12)27-10-15(22)23/h4-5,8-9,11H,3,6-7,10H2,1-2H3,(H,19,24)(H,21,25)(H,22,23)/p-1/b20-9-. The van der Waals surface area contributed by atoms with Crippen LogP contribution in [0.25, 0.3) is 0 Å². The van der Waals surface area contributed by atoms with Crippen molar-refractivity contribution in [3.63, 3.8) is 0 Å². The number of carboxylic acids is 1. The fourth-order valence-corrected chi connectivity index (χ4v) is 1.95. The Bertz CT molecular complexity index is 693. The van der Waals surface area contributed by atoms with E-state index in [9.17, 15) is 19.5 Å². The van der Waals surface area contributed by atoms with Crippen LogP contribution >= 0.6 is 11.6 Å². The van der Waals surface area contributed by atoms with Crippen molar-refractivity contribution in [2.75, 3.05) is 19.8 Å². The van der Waals surface area contributed by atoms with Crippen molar-refractivity contribution in [3.8, 4) is 5.75 Å². The van der Waals surface area contributed by atoms with Crippen molar-refractivity contribution in [1.82, 2.24) is 10.7 Å². The second-order valence-corrected chi connectivity index (χ2v) is 6.01. The summed E-state index contributed by atoms with van der Waals surface area (Å²) in [5.74, 6) is -3.00. The number of carboxylic acid groups (broad SMARTS) is 1. The Balaban J connectivity index is 2.50. The Morgan fingerprint density at radius 2 is 2.04 bits per heavy atom. The van der Waals surface area contributed by atoms with Gasteiger partial charge in [-0.1, -0.05) is 11.6 Å². The largest absolute Gasteiger partial charge is 0.546 e. The lowest BCUT2D eigenvalue weighted by atomic mass is 10.2. The van der Waals surface area contributed by atoms with Crippen LogP contribution in [-0.4, -0.2) is 49.9 Å². The lowest BCUT2D eigenvalue weighted by molar-refractivity contribution is -0.307. The maximum Gasteiger partial charge on any atom is 0.329 e. The molecule has 0 fully saturated rings. The SMILES string of the molecule is CC(C)OCCCNC(=O)C(=O)N/N=C\c1cc(Cl)ccc1OCC(=O)[O-]. The molecule has 10 heteroatoms. The van der Waals surface area contributed by atoms with Gasteiger partial charge < -0.3 is 24.7 Å². The summed E-state index contributed by atoms with van der Waals surface area (Å²) in [4.78, 5) is 33.8. The highest BCUT2D eigenvalue weighted by molar-refractivity contribution is 6.35. The normalized spacial score (nSPS) is 10.8. The van der Waals surface area contributed by atoms with E-state index in [0.717, 1.165) is 0 Å². The molecule has 0 heterocycles. The van der Waals surface area contributed by atoms with Crippen LogP contribution in [-0.2, 0) is 19.1 Å². The van der Waals surface area contributed by atoms with Crippen LogP contribution in [0.3, 0.4) is 0 Å². The highest BCUT2D eigenvalue weighted by atomic mass is 35.5. The molecule has 0 aromatic heterocycles. The number of nitrogens with one attached hydrogen (secondary N) is 2. The van der Waals surface area contributed by atoms with E-state index < -0.39 is 24.4 Å². The van der Waals surface area contributed by atoms with Gasteiger partial charge >= 0.3 is 11.8 Å². The van der Waals surface area contributed by atoms with Crippen LogP contribution in [0.2, 0.25) is 5.02 Å². The van der Waals surface area contributed by atoms with Crippen LogP contribution < -0.4 is 20.6 Å². The lowest BCUT2D eigenvalue weighted by Crippen LogP contribution is -2.38. The number of aliphatic carboxylic acids is 1. The third-order valence-electron chi connectivity index (χ3n) is 2.95. The average molecular weight is 399 g/mol. The van der Waals surface area contributed by atoms with E-state index in [2.05, 4.69) is 15.8 Å². The Morgan fingerprint density at radius 1 is 1.30 bits per heavy atom. The summed E-state index contributed by atoms with van der Waals surface area (Å²) >= 11 is 5.87. The van der Waals surface area contributed by atoms with Gasteiger partial charge in [0.25, 0.3) is 0 Å². The number of hydrogen-bond donors (Lipinski definition) is 2. The first-order valence-corrected chi connectivity index (χ1v) is 8.52. The molecule has 0 aliphatic rings. The number of hydrogen-bond acceptors (Lipinski definition) is 7. The second-order valence-electron chi connectivity index (χ2n) is 5.57. The minimum Gasteiger partial charge on any atom is -0.546 e. The predicted molar refractivity (Wildman–Crippen MR) is 96.4 cm³/mol. The van der Waals surface area contributed by atoms with Crippen LogP contribution in [0, 0.1) is 0 Å². The Kier molecular flexibility index (Phi) is 9.84. The molecule has 0 atom stereocenters. The van der Waals surface area contributed by atoms with Crippen LogP contribution in [0.1, 0.15) is 25.8 Å². The molecule has 0 radical (unpaired) electrons. The quantitative estimate of drug-likeness (QED) is 0.244. The minimum absolute atomic E-state index is 0.102. The zero-order chi connectivity index (χ0) is 20.2. The van der Waals surface area contributed by atoms with E-state index in [4.69, 9.17) is 21.1 Å². The molecule has 148 valence electrons. The molecule has 1 rings (SSSR count). The first kappa shape index (κ1) is 22.4. The molecule has 0 saturated carbocycles. The molecule has 0 aliphatic heterocycles. The van der Waals surface area contributed by atoms with E-state index in [1.165, 1.54) is 24.4 Å². The molecule has 1 aromatic rings. The molecule has 0 saturated heterocycles. The fourth-order valence-electron chi connectivity index (χ4n) is 1.77. The van der Waals surface area contributed by atoms with Gasteiger partial charge in [-0.05, 0) is 38.5 Å². The Hall–Kier alpha value is -2.65. The summed E-state index contributed by atoms with van der Waals surface area (Å²) in [6.45, 7) is 3.91. The molecule has 0 bridgehead atoms. The van der Waals surface area contributed by atoms with E-state index in [0.29, 0.717) is 23.6 Å². The monoisotopic (exact) mass is 398 g/mol. The van der Waals surface area contributed by atoms with Crippen molar-refractivity contribution in [2.45, 2.75) is 26.4 Å². The number of rotatable bonds is 10. The second kappa shape index (κ2) is 11.9. The Labute approximate surface area is 161 Å². The van der Waals surface area contributed by atoms with Gasteiger partial charge in [-0.2, -0.15) is 5.10 Å². The van der Waals surface area contributed by atoms with Gasteiger partial charge in [0.1, 0.15) is 12.4 Å². The van der Waals surface area contributed by atoms with E-state index in [1.54, 1.807) is 0 Å². The fraction of sp³-hybridized carbons (Fsp3) is 0.412. The van der Waals surface area contributed by atoms with Crippen LogP contribution in [0.4, 0.5) is 0 Å². The molecule has 0 aliphatic carbocycles. The third-order valence-corrected chi connectivity index (χ3v) is 3.19. The topological polar surface area (TPSA) is 129 Å². The number of benzene rings is 1. The lowest BCUT2D eigenvalue weighted by Gasteiger charge is -2.09. The number of ether oxygens (including phenoxy) is 2. The van der Waals surface area contributed by atoms with E-state index >= 15 is 0 Å². The molecular weight excluding hydrogens is 378 g/mol. The maximum absolute atomic E-state index is 11.7. The third kappa shape index (κ3) is 9.57. The summed E-state index contributed by atoms with van der Waals surface area (Å²) in [6.07, 6.45) is 1.85. The van der Waals surface area contributed by atoms with E-state index in [1.807, 2.05) is 13.8 Å².